The van der Waals surface area contributed by atoms with Gasteiger partial charge in [0.15, 0.2) is 0 Å². The summed E-state index contributed by atoms with van der Waals surface area (Å²) >= 11 is 0. The van der Waals surface area contributed by atoms with Crippen LogP contribution in [0.25, 0.3) is 0 Å². The van der Waals surface area contributed by atoms with Crippen molar-refractivity contribution in [3.05, 3.63) is 54.1 Å². The second-order valence-electron chi connectivity index (χ2n) is 8.15. The number of nitrogens with one attached hydrogen (secondary N) is 3. The number of fused-ring (bicyclic) bond motifs is 1. The second kappa shape index (κ2) is 10.1. The van der Waals surface area contributed by atoms with Gasteiger partial charge in [0.05, 0.1) is 25.2 Å². The molecule has 4 rings (SSSR count). The third-order valence-corrected chi connectivity index (χ3v) is 5.82. The van der Waals surface area contributed by atoms with Crippen molar-refractivity contribution in [3.8, 4) is 0 Å². The fourth-order valence-electron chi connectivity index (χ4n) is 4.07. The van der Waals surface area contributed by atoms with Crippen LogP contribution in [-0.4, -0.2) is 63.7 Å². The van der Waals surface area contributed by atoms with Gasteiger partial charge in [0.2, 0.25) is 5.91 Å². The highest BCUT2D eigenvalue weighted by Crippen LogP contribution is 2.35. The third kappa shape index (κ3) is 5.45. The predicted octanol–water partition coefficient (Wildman–Crippen LogP) is 0.212. The van der Waals surface area contributed by atoms with E-state index in [-0.39, 0.29) is 37.1 Å². The van der Waals surface area contributed by atoms with Crippen LogP contribution >= 0.6 is 0 Å². The molecule has 2 fully saturated rings. The molecule has 1 aromatic carbocycles. The number of aliphatic hydroxyl groups is 1. The maximum Gasteiger partial charge on any atom is 0.315 e. The minimum Gasteiger partial charge on any atom is -0.388 e. The third-order valence-electron chi connectivity index (χ3n) is 5.82. The van der Waals surface area contributed by atoms with Gasteiger partial charge in [-0.2, -0.15) is 0 Å². The van der Waals surface area contributed by atoms with Gasteiger partial charge in [-0.3, -0.25) is 4.79 Å². The topological polar surface area (TPSA) is 127 Å². The molecule has 3 amide bonds. The average Bonchev–Trinajstić information content (AvgIpc) is 3.46. The van der Waals surface area contributed by atoms with Crippen LogP contribution in [0.5, 0.6) is 0 Å². The number of urea groups is 1. The summed E-state index contributed by atoms with van der Waals surface area (Å²) in [6.45, 7) is 0.938. The molecule has 0 saturated carbocycles. The highest BCUT2D eigenvalue weighted by Gasteiger charge is 2.50. The lowest BCUT2D eigenvalue weighted by atomic mass is 10.1. The van der Waals surface area contributed by atoms with Crippen LogP contribution in [0.15, 0.2) is 42.7 Å². The molecule has 2 aliphatic rings. The zero-order valence-electron chi connectivity index (χ0n) is 17.9. The molecule has 10 heteroatoms. The molecular weight excluding hydrogens is 414 g/mol. The number of amides is 3. The number of carbonyl (C=O) groups excluding carboxylic acids is 2. The van der Waals surface area contributed by atoms with Crippen LogP contribution in [0.4, 0.5) is 4.79 Å². The Kier molecular flexibility index (Phi) is 7.03. The van der Waals surface area contributed by atoms with Crippen molar-refractivity contribution in [2.24, 2.45) is 7.05 Å². The Hall–Kier alpha value is -2.95. The number of rotatable bonds is 8. The number of hydrogen-bond acceptors (Lipinski definition) is 6. The van der Waals surface area contributed by atoms with E-state index in [1.165, 1.54) is 0 Å². The summed E-state index contributed by atoms with van der Waals surface area (Å²) in [6.07, 6.45) is 1.69. The Morgan fingerprint density at radius 2 is 1.97 bits per heavy atom. The number of aryl methyl sites for hydroxylation is 1. The molecule has 10 nitrogen and oxygen atoms in total. The lowest BCUT2D eigenvalue weighted by Gasteiger charge is -2.20. The van der Waals surface area contributed by atoms with Crippen LogP contribution in [0.3, 0.4) is 0 Å². The molecule has 2 aromatic rings. The molecule has 1 aromatic heterocycles. The van der Waals surface area contributed by atoms with E-state index >= 15 is 0 Å². The lowest BCUT2D eigenvalue weighted by Crippen LogP contribution is -2.44. The van der Waals surface area contributed by atoms with E-state index in [2.05, 4.69) is 20.9 Å². The Balaban J connectivity index is 1.15. The summed E-state index contributed by atoms with van der Waals surface area (Å²) in [5.41, 5.74) is 0.998. The number of ether oxygens (including phenoxy) is 2. The zero-order valence-corrected chi connectivity index (χ0v) is 17.9. The van der Waals surface area contributed by atoms with Gasteiger partial charge < -0.3 is 35.1 Å². The first-order chi connectivity index (χ1) is 15.5. The summed E-state index contributed by atoms with van der Waals surface area (Å²) in [5.74, 6) is 0.630. The van der Waals surface area contributed by atoms with Gasteiger partial charge in [0, 0.05) is 39.0 Å². The van der Waals surface area contributed by atoms with Crippen LogP contribution in [0.1, 0.15) is 24.2 Å². The minimum absolute atomic E-state index is 0.138. The largest absolute Gasteiger partial charge is 0.388 e. The van der Waals surface area contributed by atoms with Crippen LogP contribution < -0.4 is 16.0 Å². The molecule has 5 atom stereocenters. The fourth-order valence-corrected chi connectivity index (χ4v) is 4.07. The van der Waals surface area contributed by atoms with Gasteiger partial charge >= 0.3 is 6.03 Å². The number of benzene rings is 1. The molecule has 0 aliphatic carbocycles. The Morgan fingerprint density at radius 3 is 2.69 bits per heavy atom. The number of carbonyl (C=O) groups is 2. The standard InChI is InChI=1S/C22H29N5O5/c1-27-8-7-23-18(27)13-24-19(28)10-15-9-16-21(31-15)20(29)17(32-16)12-26-22(30)25-11-14-5-3-2-4-6-14/h2-8,15-17,20-21,29H,9-13H2,1H3,(H,24,28)(H2,25,26,30). The monoisotopic (exact) mass is 443 g/mol. The van der Waals surface area contributed by atoms with Crippen LogP contribution in [-0.2, 0) is 34.4 Å². The van der Waals surface area contributed by atoms with Crippen molar-refractivity contribution in [3.63, 3.8) is 0 Å². The molecule has 4 N–H and O–H groups in total. The zero-order chi connectivity index (χ0) is 22.5. The number of aliphatic hydroxyl groups excluding tert-OH is 1. The van der Waals surface area contributed by atoms with Gasteiger partial charge in [-0.15, -0.1) is 0 Å². The van der Waals surface area contributed by atoms with E-state index in [4.69, 9.17) is 9.47 Å². The maximum absolute atomic E-state index is 12.2. The van der Waals surface area contributed by atoms with E-state index in [9.17, 15) is 14.7 Å². The number of hydrogen-bond donors (Lipinski definition) is 4. The molecule has 2 saturated heterocycles. The molecule has 32 heavy (non-hydrogen) atoms. The van der Waals surface area contributed by atoms with E-state index in [1.807, 2.05) is 48.1 Å². The first kappa shape index (κ1) is 22.3. The lowest BCUT2D eigenvalue weighted by molar-refractivity contribution is -0.125. The van der Waals surface area contributed by atoms with Crippen molar-refractivity contribution in [1.82, 2.24) is 25.5 Å². The van der Waals surface area contributed by atoms with Crippen molar-refractivity contribution in [2.75, 3.05) is 6.54 Å². The summed E-state index contributed by atoms with van der Waals surface area (Å²) in [4.78, 5) is 28.4. The van der Waals surface area contributed by atoms with Gasteiger partial charge in [-0.1, -0.05) is 30.3 Å². The number of imidazole rings is 1. The van der Waals surface area contributed by atoms with Gasteiger partial charge in [0.25, 0.3) is 0 Å². The molecule has 2 aliphatic heterocycles. The molecule has 0 radical (unpaired) electrons. The normalized spacial score (nSPS) is 26.5. The molecule has 0 spiro atoms. The predicted molar refractivity (Wildman–Crippen MR) is 114 cm³/mol. The van der Waals surface area contributed by atoms with Crippen molar-refractivity contribution >= 4 is 11.9 Å². The van der Waals surface area contributed by atoms with Gasteiger partial charge in [0.1, 0.15) is 24.1 Å². The molecule has 5 unspecified atom stereocenters. The smallest absolute Gasteiger partial charge is 0.315 e. The van der Waals surface area contributed by atoms with E-state index in [0.29, 0.717) is 19.5 Å². The first-order valence-corrected chi connectivity index (χ1v) is 10.8. The van der Waals surface area contributed by atoms with Gasteiger partial charge in [-0.05, 0) is 5.56 Å². The second-order valence-corrected chi connectivity index (χ2v) is 8.15. The summed E-state index contributed by atoms with van der Waals surface area (Å²) in [5, 5.41) is 18.9. The average molecular weight is 444 g/mol. The Labute approximate surface area is 186 Å². The highest BCUT2D eigenvalue weighted by atomic mass is 16.6. The summed E-state index contributed by atoms with van der Waals surface area (Å²) in [6, 6.07) is 9.27. The first-order valence-electron chi connectivity index (χ1n) is 10.8. The van der Waals surface area contributed by atoms with Crippen molar-refractivity contribution < 1.29 is 24.2 Å². The molecule has 3 heterocycles. The molecule has 172 valence electrons. The van der Waals surface area contributed by atoms with E-state index < -0.39 is 18.3 Å². The van der Waals surface area contributed by atoms with E-state index in [1.54, 1.807) is 6.20 Å². The quantitative estimate of drug-likeness (QED) is 0.462. The number of nitrogens with zero attached hydrogens (tertiary/aromatic N) is 2. The molecule has 0 bridgehead atoms. The van der Waals surface area contributed by atoms with Crippen LogP contribution in [0.2, 0.25) is 0 Å². The molecular formula is C22H29N5O5. The fraction of sp³-hybridized carbons (Fsp3) is 0.500. The SMILES string of the molecule is Cn1ccnc1CNC(=O)CC1CC2OC(CNC(=O)NCc3ccccc3)C(O)C2O1. The van der Waals surface area contributed by atoms with Crippen LogP contribution in [0, 0.1) is 0 Å². The number of aromatic nitrogens is 2. The van der Waals surface area contributed by atoms with Crippen molar-refractivity contribution in [1.29, 1.82) is 0 Å². The van der Waals surface area contributed by atoms with E-state index in [0.717, 1.165) is 11.4 Å². The van der Waals surface area contributed by atoms with Gasteiger partial charge in [-0.25, -0.2) is 9.78 Å². The van der Waals surface area contributed by atoms with Crippen molar-refractivity contribution in [2.45, 2.75) is 56.5 Å². The minimum atomic E-state index is -0.866. The summed E-state index contributed by atoms with van der Waals surface area (Å²) in [7, 11) is 1.87. The summed E-state index contributed by atoms with van der Waals surface area (Å²) < 4.78 is 13.6. The highest BCUT2D eigenvalue weighted by molar-refractivity contribution is 5.76. The Morgan fingerprint density at radius 1 is 1.16 bits per heavy atom. The Bertz CT molecular complexity index is 920. The maximum atomic E-state index is 12.2.